The Bertz CT molecular complexity index is 700. The van der Waals surface area contributed by atoms with Crippen molar-refractivity contribution in [3.8, 4) is 0 Å². The van der Waals surface area contributed by atoms with Crippen LogP contribution >= 0.6 is 0 Å². The minimum Gasteiger partial charge on any atom is -0.353 e. The monoisotopic (exact) mass is 379 g/mol. The number of nitrogens with one attached hydrogen (secondary N) is 1. The van der Waals surface area contributed by atoms with E-state index >= 15 is 0 Å². The van der Waals surface area contributed by atoms with Gasteiger partial charge in [0.1, 0.15) is 0 Å². The van der Waals surface area contributed by atoms with Crippen molar-refractivity contribution < 1.29 is 13.2 Å². The van der Waals surface area contributed by atoms with Crippen LogP contribution in [0.2, 0.25) is 0 Å². The van der Waals surface area contributed by atoms with Gasteiger partial charge in [0.25, 0.3) is 0 Å². The summed E-state index contributed by atoms with van der Waals surface area (Å²) in [7, 11) is -3.31. The molecular formula is C19H29N3O3S. The van der Waals surface area contributed by atoms with Crippen molar-refractivity contribution in [2.24, 2.45) is 11.7 Å². The van der Waals surface area contributed by atoms with E-state index in [0.717, 1.165) is 31.2 Å². The van der Waals surface area contributed by atoms with Crippen LogP contribution in [0.3, 0.4) is 0 Å². The van der Waals surface area contributed by atoms with Crippen LogP contribution < -0.4 is 11.1 Å². The maximum atomic E-state index is 12.6. The van der Waals surface area contributed by atoms with Crippen molar-refractivity contribution in [3.63, 3.8) is 0 Å². The van der Waals surface area contributed by atoms with Crippen molar-refractivity contribution in [1.82, 2.24) is 9.62 Å². The van der Waals surface area contributed by atoms with Gasteiger partial charge in [-0.1, -0.05) is 36.8 Å². The second-order valence-electron chi connectivity index (χ2n) is 7.55. The van der Waals surface area contributed by atoms with Crippen LogP contribution in [-0.2, 0) is 20.6 Å². The first kappa shape index (κ1) is 19.3. The molecule has 1 saturated heterocycles. The highest BCUT2D eigenvalue weighted by Crippen LogP contribution is 2.24. The molecule has 1 amide bonds. The molecule has 3 rings (SSSR count). The molecule has 0 aromatic heterocycles. The molecule has 3 N–H and O–H groups in total. The molecule has 1 saturated carbocycles. The highest BCUT2D eigenvalue weighted by molar-refractivity contribution is 7.88. The number of amides is 1. The molecule has 2 atom stereocenters. The Morgan fingerprint density at radius 2 is 1.81 bits per heavy atom. The van der Waals surface area contributed by atoms with Crippen LogP contribution in [0.1, 0.15) is 44.1 Å². The standard InChI is InChI=1S/C19H29N3O3S/c20-17-8-4-7-16(13-17)19(23)21-18-9-11-22(12-10-18)26(24,25)14-15-5-2-1-3-6-15/h1-3,5-6,16-18H,4,7-14,20H2,(H,21,23). The number of piperidine rings is 1. The molecular weight excluding hydrogens is 350 g/mol. The van der Waals surface area contributed by atoms with Crippen LogP contribution in [0.25, 0.3) is 0 Å². The van der Waals surface area contributed by atoms with Crippen LogP contribution in [0.5, 0.6) is 0 Å². The summed E-state index contributed by atoms with van der Waals surface area (Å²) in [5, 5.41) is 3.11. The number of hydrogen-bond donors (Lipinski definition) is 2. The summed E-state index contributed by atoms with van der Waals surface area (Å²) in [5.74, 6) is 0.134. The molecule has 2 unspecified atom stereocenters. The van der Waals surface area contributed by atoms with E-state index in [9.17, 15) is 13.2 Å². The zero-order valence-corrected chi connectivity index (χ0v) is 16.0. The first-order chi connectivity index (χ1) is 12.4. The number of benzene rings is 1. The number of carbonyl (C=O) groups excluding carboxylic acids is 1. The Hall–Kier alpha value is -1.44. The Labute approximate surface area is 156 Å². The second kappa shape index (κ2) is 8.50. The molecule has 1 aromatic carbocycles. The molecule has 1 aliphatic carbocycles. The smallest absolute Gasteiger partial charge is 0.223 e. The van der Waals surface area contributed by atoms with Crippen molar-refractivity contribution in [2.75, 3.05) is 13.1 Å². The van der Waals surface area contributed by atoms with Crippen LogP contribution in [0, 0.1) is 5.92 Å². The van der Waals surface area contributed by atoms with E-state index in [2.05, 4.69) is 5.32 Å². The maximum absolute atomic E-state index is 12.6. The lowest BCUT2D eigenvalue weighted by molar-refractivity contribution is -0.127. The summed E-state index contributed by atoms with van der Waals surface area (Å²) < 4.78 is 26.7. The quantitative estimate of drug-likeness (QED) is 0.813. The van der Waals surface area contributed by atoms with Gasteiger partial charge in [0.2, 0.25) is 15.9 Å². The van der Waals surface area contributed by atoms with Gasteiger partial charge in [0.05, 0.1) is 5.75 Å². The van der Waals surface area contributed by atoms with Crippen LogP contribution in [0.4, 0.5) is 0 Å². The number of hydrogen-bond acceptors (Lipinski definition) is 4. The van der Waals surface area contributed by atoms with Gasteiger partial charge in [0.15, 0.2) is 0 Å². The van der Waals surface area contributed by atoms with Gasteiger partial charge >= 0.3 is 0 Å². The average molecular weight is 380 g/mol. The molecule has 144 valence electrons. The van der Waals surface area contributed by atoms with E-state index in [1.54, 1.807) is 4.31 Å². The molecule has 7 heteroatoms. The SMILES string of the molecule is NC1CCCC(C(=O)NC2CCN(S(=O)(=O)Cc3ccccc3)CC2)C1. The Morgan fingerprint density at radius 1 is 1.12 bits per heavy atom. The fourth-order valence-corrected chi connectivity index (χ4v) is 5.50. The summed E-state index contributed by atoms with van der Waals surface area (Å²) in [5.41, 5.74) is 6.77. The number of carbonyl (C=O) groups is 1. The zero-order valence-electron chi connectivity index (χ0n) is 15.1. The van der Waals surface area contributed by atoms with Gasteiger partial charge in [-0.3, -0.25) is 4.79 Å². The van der Waals surface area contributed by atoms with Crippen molar-refractivity contribution >= 4 is 15.9 Å². The van der Waals surface area contributed by atoms with E-state index in [0.29, 0.717) is 25.9 Å². The lowest BCUT2D eigenvalue weighted by atomic mass is 9.85. The fraction of sp³-hybridized carbons (Fsp3) is 0.632. The fourth-order valence-electron chi connectivity index (χ4n) is 3.94. The number of nitrogens with zero attached hydrogens (tertiary/aromatic N) is 1. The molecule has 2 aliphatic rings. The third kappa shape index (κ3) is 5.05. The zero-order chi connectivity index (χ0) is 18.6. The summed E-state index contributed by atoms with van der Waals surface area (Å²) in [6.07, 6.45) is 5.01. The minimum atomic E-state index is -3.31. The molecule has 0 bridgehead atoms. The molecule has 1 aliphatic heterocycles. The third-order valence-electron chi connectivity index (χ3n) is 5.47. The largest absolute Gasteiger partial charge is 0.353 e. The van der Waals surface area contributed by atoms with E-state index in [1.807, 2.05) is 30.3 Å². The number of sulfonamides is 1. The molecule has 2 fully saturated rings. The molecule has 1 heterocycles. The second-order valence-corrected chi connectivity index (χ2v) is 9.52. The van der Waals surface area contributed by atoms with E-state index in [4.69, 9.17) is 5.73 Å². The maximum Gasteiger partial charge on any atom is 0.223 e. The Balaban J connectivity index is 1.48. The Kier molecular flexibility index (Phi) is 6.32. The van der Waals surface area contributed by atoms with E-state index < -0.39 is 10.0 Å². The predicted octanol–water partition coefficient (Wildman–Crippen LogP) is 1.61. The summed E-state index contributed by atoms with van der Waals surface area (Å²) >= 11 is 0. The lowest BCUT2D eigenvalue weighted by Crippen LogP contribution is -2.48. The number of nitrogens with two attached hydrogens (primary N) is 1. The van der Waals surface area contributed by atoms with Gasteiger partial charge < -0.3 is 11.1 Å². The lowest BCUT2D eigenvalue weighted by Gasteiger charge is -2.33. The van der Waals surface area contributed by atoms with Gasteiger partial charge in [-0.2, -0.15) is 0 Å². The van der Waals surface area contributed by atoms with Gasteiger partial charge in [0, 0.05) is 31.1 Å². The van der Waals surface area contributed by atoms with E-state index in [1.165, 1.54) is 0 Å². The molecule has 6 nitrogen and oxygen atoms in total. The number of rotatable bonds is 5. The topological polar surface area (TPSA) is 92.5 Å². The minimum absolute atomic E-state index is 0.0126. The Morgan fingerprint density at radius 3 is 2.46 bits per heavy atom. The first-order valence-corrected chi connectivity index (χ1v) is 11.1. The highest BCUT2D eigenvalue weighted by atomic mass is 32.2. The molecule has 26 heavy (non-hydrogen) atoms. The van der Waals surface area contributed by atoms with Crippen molar-refractivity contribution in [3.05, 3.63) is 35.9 Å². The van der Waals surface area contributed by atoms with E-state index in [-0.39, 0.29) is 29.7 Å². The van der Waals surface area contributed by atoms with Gasteiger partial charge in [-0.05, 0) is 37.7 Å². The molecule has 1 aromatic rings. The van der Waals surface area contributed by atoms with Crippen molar-refractivity contribution in [2.45, 2.75) is 56.4 Å². The van der Waals surface area contributed by atoms with Gasteiger partial charge in [-0.25, -0.2) is 12.7 Å². The van der Waals surface area contributed by atoms with Crippen LogP contribution in [-0.4, -0.2) is 43.8 Å². The average Bonchev–Trinajstić information content (AvgIpc) is 2.62. The summed E-state index contributed by atoms with van der Waals surface area (Å²) in [6.45, 7) is 0.925. The summed E-state index contributed by atoms with van der Waals surface area (Å²) in [6, 6.07) is 9.43. The van der Waals surface area contributed by atoms with Crippen LogP contribution in [0.15, 0.2) is 30.3 Å². The molecule has 0 spiro atoms. The third-order valence-corrected chi connectivity index (χ3v) is 7.32. The summed E-state index contributed by atoms with van der Waals surface area (Å²) in [4.78, 5) is 12.4. The molecule has 0 radical (unpaired) electrons. The predicted molar refractivity (Wildman–Crippen MR) is 102 cm³/mol. The van der Waals surface area contributed by atoms with Gasteiger partial charge in [-0.15, -0.1) is 0 Å². The van der Waals surface area contributed by atoms with Crippen molar-refractivity contribution in [1.29, 1.82) is 0 Å². The highest BCUT2D eigenvalue weighted by Gasteiger charge is 2.31. The first-order valence-electron chi connectivity index (χ1n) is 9.52. The normalized spacial score (nSPS) is 25.7.